The molecule has 1 aromatic rings. The Morgan fingerprint density at radius 3 is 2.65 bits per heavy atom. The predicted molar refractivity (Wildman–Crippen MR) is 72.4 cm³/mol. The lowest BCUT2D eigenvalue weighted by Gasteiger charge is -2.08. The first kappa shape index (κ1) is 17.0. The van der Waals surface area contributed by atoms with Crippen molar-refractivity contribution >= 4 is 21.8 Å². The number of hydrogen-bond donors (Lipinski definition) is 1. The van der Waals surface area contributed by atoms with Crippen molar-refractivity contribution in [2.24, 2.45) is 0 Å². The van der Waals surface area contributed by atoms with Crippen molar-refractivity contribution in [1.82, 2.24) is 5.32 Å². The van der Waals surface area contributed by atoms with Gasteiger partial charge in [0.05, 0.1) is 6.61 Å². The number of halogens is 4. The van der Waals surface area contributed by atoms with Crippen LogP contribution in [0.4, 0.5) is 13.2 Å². The SMILES string of the molecule is O=C(CCOCC(F)(F)F)NCc1cccc(CBr)c1. The summed E-state index contributed by atoms with van der Waals surface area (Å²) in [5, 5.41) is 3.35. The largest absolute Gasteiger partial charge is 0.411 e. The fourth-order valence-electron chi connectivity index (χ4n) is 1.46. The molecule has 0 aliphatic carbocycles. The summed E-state index contributed by atoms with van der Waals surface area (Å²) in [6.07, 6.45) is -4.44. The Kier molecular flexibility index (Phi) is 7.01. The molecular formula is C13H15BrF3NO2. The van der Waals surface area contributed by atoms with E-state index in [1.54, 1.807) is 0 Å². The number of carbonyl (C=O) groups excluding carboxylic acids is 1. The van der Waals surface area contributed by atoms with E-state index in [-0.39, 0.29) is 18.9 Å². The van der Waals surface area contributed by atoms with Gasteiger partial charge in [0.2, 0.25) is 5.91 Å². The molecule has 0 aliphatic heterocycles. The van der Waals surface area contributed by atoms with E-state index >= 15 is 0 Å². The maximum atomic E-state index is 11.8. The molecule has 20 heavy (non-hydrogen) atoms. The van der Waals surface area contributed by atoms with Crippen LogP contribution < -0.4 is 5.32 Å². The molecular weight excluding hydrogens is 339 g/mol. The second-order valence-electron chi connectivity index (χ2n) is 4.15. The molecule has 3 nitrogen and oxygen atoms in total. The van der Waals surface area contributed by atoms with Crippen LogP contribution in [0.3, 0.4) is 0 Å². The highest BCUT2D eigenvalue weighted by Gasteiger charge is 2.27. The maximum absolute atomic E-state index is 11.8. The van der Waals surface area contributed by atoms with E-state index in [2.05, 4.69) is 26.0 Å². The molecule has 0 heterocycles. The van der Waals surface area contributed by atoms with Crippen LogP contribution in [0.25, 0.3) is 0 Å². The normalized spacial score (nSPS) is 11.4. The zero-order valence-corrected chi connectivity index (χ0v) is 12.3. The summed E-state index contributed by atoms with van der Waals surface area (Å²) in [7, 11) is 0. The van der Waals surface area contributed by atoms with E-state index in [1.165, 1.54) is 0 Å². The zero-order chi connectivity index (χ0) is 15.0. The molecule has 0 saturated heterocycles. The van der Waals surface area contributed by atoms with Crippen LogP contribution in [0, 0.1) is 0 Å². The number of amides is 1. The number of rotatable bonds is 7. The third-order valence-electron chi connectivity index (χ3n) is 2.37. The number of benzene rings is 1. The third-order valence-corrected chi connectivity index (χ3v) is 3.02. The van der Waals surface area contributed by atoms with Crippen LogP contribution in [0.1, 0.15) is 17.5 Å². The quantitative estimate of drug-likeness (QED) is 0.604. The van der Waals surface area contributed by atoms with E-state index < -0.39 is 12.8 Å². The van der Waals surface area contributed by atoms with Crippen molar-refractivity contribution in [3.05, 3.63) is 35.4 Å². The third kappa shape index (κ3) is 7.49. The van der Waals surface area contributed by atoms with Crippen molar-refractivity contribution in [2.75, 3.05) is 13.2 Å². The van der Waals surface area contributed by atoms with Gasteiger partial charge >= 0.3 is 6.18 Å². The molecule has 0 aliphatic rings. The number of ether oxygens (including phenoxy) is 1. The zero-order valence-electron chi connectivity index (χ0n) is 10.7. The van der Waals surface area contributed by atoms with Crippen LogP contribution in [-0.4, -0.2) is 25.3 Å². The molecule has 0 aromatic heterocycles. The molecule has 1 aromatic carbocycles. The van der Waals surface area contributed by atoms with Crippen LogP contribution >= 0.6 is 15.9 Å². The first-order valence-electron chi connectivity index (χ1n) is 5.95. The number of carbonyl (C=O) groups is 1. The van der Waals surface area contributed by atoms with Gasteiger partial charge in [-0.1, -0.05) is 40.2 Å². The van der Waals surface area contributed by atoms with Crippen LogP contribution in [0.5, 0.6) is 0 Å². The number of hydrogen-bond acceptors (Lipinski definition) is 2. The lowest BCUT2D eigenvalue weighted by molar-refractivity contribution is -0.174. The van der Waals surface area contributed by atoms with E-state index in [0.717, 1.165) is 16.5 Å². The molecule has 0 bridgehead atoms. The highest BCUT2D eigenvalue weighted by Crippen LogP contribution is 2.14. The summed E-state index contributed by atoms with van der Waals surface area (Å²) < 4.78 is 39.7. The molecule has 7 heteroatoms. The molecule has 0 spiro atoms. The van der Waals surface area contributed by atoms with Gasteiger partial charge in [0.15, 0.2) is 0 Å². The smallest absolute Gasteiger partial charge is 0.372 e. The summed E-state index contributed by atoms with van der Waals surface area (Å²) in [6, 6.07) is 7.64. The standard InChI is InChI=1S/C13H15BrF3NO2/c14-7-10-2-1-3-11(6-10)8-18-12(19)4-5-20-9-13(15,16)17/h1-3,6H,4-5,7-9H2,(H,18,19). The minimum Gasteiger partial charge on any atom is -0.372 e. The van der Waals surface area contributed by atoms with Gasteiger partial charge in [-0.15, -0.1) is 0 Å². The fraction of sp³-hybridized carbons (Fsp3) is 0.462. The van der Waals surface area contributed by atoms with Gasteiger partial charge in [-0.05, 0) is 11.1 Å². The van der Waals surface area contributed by atoms with Gasteiger partial charge in [0, 0.05) is 18.3 Å². The van der Waals surface area contributed by atoms with E-state index in [1.807, 2.05) is 24.3 Å². The molecule has 1 rings (SSSR count). The lowest BCUT2D eigenvalue weighted by atomic mass is 10.1. The van der Waals surface area contributed by atoms with Crippen molar-refractivity contribution in [2.45, 2.75) is 24.5 Å². The van der Waals surface area contributed by atoms with Crippen molar-refractivity contribution < 1.29 is 22.7 Å². The van der Waals surface area contributed by atoms with Gasteiger partial charge in [-0.3, -0.25) is 4.79 Å². The summed E-state index contributed by atoms with van der Waals surface area (Å²) in [4.78, 5) is 11.4. The molecule has 0 atom stereocenters. The monoisotopic (exact) mass is 353 g/mol. The van der Waals surface area contributed by atoms with Gasteiger partial charge in [-0.2, -0.15) is 13.2 Å². The Morgan fingerprint density at radius 2 is 2.00 bits per heavy atom. The summed E-state index contributed by atoms with van der Waals surface area (Å²) in [5.74, 6) is -0.337. The minimum absolute atomic E-state index is 0.0891. The first-order chi connectivity index (χ1) is 9.40. The molecule has 0 fully saturated rings. The maximum Gasteiger partial charge on any atom is 0.411 e. The Hall–Kier alpha value is -1.08. The van der Waals surface area contributed by atoms with Crippen molar-refractivity contribution in [3.63, 3.8) is 0 Å². The number of alkyl halides is 4. The fourth-order valence-corrected chi connectivity index (χ4v) is 1.81. The van der Waals surface area contributed by atoms with E-state index in [4.69, 9.17) is 0 Å². The summed E-state index contributed by atoms with van der Waals surface area (Å²) in [5.41, 5.74) is 2.02. The van der Waals surface area contributed by atoms with E-state index in [0.29, 0.717) is 6.54 Å². The van der Waals surface area contributed by atoms with Crippen LogP contribution in [0.15, 0.2) is 24.3 Å². The second kappa shape index (κ2) is 8.26. The van der Waals surface area contributed by atoms with Crippen molar-refractivity contribution in [1.29, 1.82) is 0 Å². The number of nitrogens with one attached hydrogen (secondary N) is 1. The first-order valence-corrected chi connectivity index (χ1v) is 7.08. The van der Waals surface area contributed by atoms with Gasteiger partial charge < -0.3 is 10.1 Å². The Labute approximate surface area is 123 Å². The Balaban J connectivity index is 2.22. The Bertz CT molecular complexity index is 438. The average Bonchev–Trinajstić information content (AvgIpc) is 2.40. The highest BCUT2D eigenvalue weighted by molar-refractivity contribution is 9.08. The average molecular weight is 354 g/mol. The predicted octanol–water partition coefficient (Wildman–Crippen LogP) is 3.17. The van der Waals surface area contributed by atoms with Crippen LogP contribution in [-0.2, 0) is 21.4 Å². The van der Waals surface area contributed by atoms with Gasteiger partial charge in [-0.25, -0.2) is 0 Å². The molecule has 1 amide bonds. The van der Waals surface area contributed by atoms with Gasteiger partial charge in [0.25, 0.3) is 0 Å². The Morgan fingerprint density at radius 1 is 1.30 bits per heavy atom. The van der Waals surface area contributed by atoms with Crippen molar-refractivity contribution in [3.8, 4) is 0 Å². The van der Waals surface area contributed by atoms with E-state index in [9.17, 15) is 18.0 Å². The minimum atomic E-state index is -4.35. The summed E-state index contributed by atoms with van der Waals surface area (Å²) in [6.45, 7) is -1.22. The van der Waals surface area contributed by atoms with Crippen LogP contribution in [0.2, 0.25) is 0 Å². The molecule has 0 radical (unpaired) electrons. The molecule has 0 saturated carbocycles. The lowest BCUT2D eigenvalue weighted by Crippen LogP contribution is -2.25. The van der Waals surface area contributed by atoms with Gasteiger partial charge in [0.1, 0.15) is 6.61 Å². The highest BCUT2D eigenvalue weighted by atomic mass is 79.9. The molecule has 0 unspecified atom stereocenters. The molecule has 1 N–H and O–H groups in total. The summed E-state index contributed by atoms with van der Waals surface area (Å²) >= 11 is 3.33. The molecule has 112 valence electrons. The topological polar surface area (TPSA) is 38.3 Å². The second-order valence-corrected chi connectivity index (χ2v) is 4.71.